The third-order valence-corrected chi connectivity index (χ3v) is 5.02. The van der Waals surface area contributed by atoms with E-state index in [-0.39, 0.29) is 12.1 Å². The van der Waals surface area contributed by atoms with Gasteiger partial charge in [0.1, 0.15) is 5.82 Å². The summed E-state index contributed by atoms with van der Waals surface area (Å²) in [5, 5.41) is 12.1. The van der Waals surface area contributed by atoms with Crippen LogP contribution in [0.15, 0.2) is 53.9 Å². The number of carbonyl (C=O) groups is 1. The molecule has 0 radical (unpaired) electrons. The highest BCUT2D eigenvalue weighted by molar-refractivity contribution is 7.98. The zero-order chi connectivity index (χ0) is 19.9. The fraction of sp³-hybridized carbons (Fsp3) is 0.300. The summed E-state index contributed by atoms with van der Waals surface area (Å²) in [7, 11) is 0. The molecule has 2 aromatic heterocycles. The van der Waals surface area contributed by atoms with Gasteiger partial charge in [-0.2, -0.15) is 0 Å². The molecule has 0 bridgehead atoms. The highest BCUT2D eigenvalue weighted by atomic mass is 32.2. The second kappa shape index (κ2) is 9.45. The van der Waals surface area contributed by atoms with Crippen molar-refractivity contribution >= 4 is 17.7 Å². The number of pyridine rings is 1. The van der Waals surface area contributed by atoms with Gasteiger partial charge in [-0.15, -0.1) is 10.2 Å². The first-order valence-corrected chi connectivity index (χ1v) is 9.99. The molecule has 8 heteroatoms. The predicted molar refractivity (Wildman–Crippen MR) is 106 cm³/mol. The predicted octanol–water partition coefficient (Wildman–Crippen LogP) is 3.69. The summed E-state index contributed by atoms with van der Waals surface area (Å²) in [5.74, 6) is 0.772. The van der Waals surface area contributed by atoms with Crippen LogP contribution >= 0.6 is 11.8 Å². The molecular formula is C20H22FN5OS. The van der Waals surface area contributed by atoms with E-state index >= 15 is 0 Å². The Morgan fingerprint density at radius 2 is 1.93 bits per heavy atom. The summed E-state index contributed by atoms with van der Waals surface area (Å²) in [6.45, 7) is 5.14. The molecule has 0 aliphatic rings. The Bertz CT molecular complexity index is 929. The Hall–Kier alpha value is -2.74. The maximum absolute atomic E-state index is 13.8. The Kier molecular flexibility index (Phi) is 6.76. The topological polar surface area (TPSA) is 72.7 Å². The van der Waals surface area contributed by atoms with Gasteiger partial charge in [-0.1, -0.05) is 37.7 Å². The molecule has 0 atom stereocenters. The van der Waals surface area contributed by atoms with Gasteiger partial charge >= 0.3 is 0 Å². The van der Waals surface area contributed by atoms with E-state index in [1.54, 1.807) is 36.3 Å². The van der Waals surface area contributed by atoms with Gasteiger partial charge in [0.2, 0.25) is 0 Å². The van der Waals surface area contributed by atoms with Crippen LogP contribution in [-0.4, -0.2) is 25.7 Å². The molecule has 1 aromatic carbocycles. The molecule has 0 aliphatic heterocycles. The summed E-state index contributed by atoms with van der Waals surface area (Å²) in [5.41, 5.74) is 1.17. The van der Waals surface area contributed by atoms with Crippen LogP contribution in [0.25, 0.3) is 0 Å². The number of amides is 1. The van der Waals surface area contributed by atoms with Crippen molar-refractivity contribution in [1.82, 2.24) is 25.1 Å². The Balaban J connectivity index is 1.70. The lowest BCUT2D eigenvalue weighted by Gasteiger charge is -2.13. The first kappa shape index (κ1) is 20.0. The van der Waals surface area contributed by atoms with Gasteiger partial charge in [-0.3, -0.25) is 9.78 Å². The van der Waals surface area contributed by atoms with Crippen LogP contribution < -0.4 is 5.32 Å². The number of nitrogens with one attached hydrogen (secondary N) is 1. The largest absolute Gasteiger partial charge is 0.345 e. The zero-order valence-electron chi connectivity index (χ0n) is 15.8. The average molecular weight is 399 g/mol. The van der Waals surface area contributed by atoms with Crippen LogP contribution in [0.1, 0.15) is 35.6 Å². The first-order valence-electron chi connectivity index (χ1n) is 9.01. The minimum atomic E-state index is -0.544. The summed E-state index contributed by atoms with van der Waals surface area (Å²) in [4.78, 5) is 16.3. The maximum Gasteiger partial charge on any atom is 0.254 e. The molecule has 1 N–H and O–H groups in total. The van der Waals surface area contributed by atoms with Gasteiger partial charge in [-0.25, -0.2) is 4.39 Å². The third kappa shape index (κ3) is 5.16. The summed E-state index contributed by atoms with van der Waals surface area (Å²) < 4.78 is 15.8. The minimum Gasteiger partial charge on any atom is -0.345 e. The molecule has 0 aliphatic carbocycles. The van der Waals surface area contributed by atoms with Crippen molar-refractivity contribution in [2.75, 3.05) is 0 Å². The van der Waals surface area contributed by atoms with E-state index in [0.29, 0.717) is 11.7 Å². The van der Waals surface area contributed by atoms with Gasteiger partial charge < -0.3 is 9.88 Å². The van der Waals surface area contributed by atoms with E-state index in [2.05, 4.69) is 34.3 Å². The molecular weight excluding hydrogens is 377 g/mol. The smallest absolute Gasteiger partial charge is 0.254 e. The number of hydrogen-bond acceptors (Lipinski definition) is 5. The number of rotatable bonds is 8. The molecule has 28 heavy (non-hydrogen) atoms. The molecule has 0 saturated carbocycles. The third-order valence-electron chi connectivity index (χ3n) is 3.98. The van der Waals surface area contributed by atoms with E-state index < -0.39 is 11.7 Å². The first-order chi connectivity index (χ1) is 13.5. The molecule has 3 aromatic rings. The molecule has 2 heterocycles. The lowest BCUT2D eigenvalue weighted by atomic mass is 10.2. The highest BCUT2D eigenvalue weighted by Crippen LogP contribution is 2.22. The van der Waals surface area contributed by atoms with E-state index in [9.17, 15) is 9.18 Å². The SMILES string of the molecule is CC(C)Cn1c(CNC(=O)c2ccccc2F)nnc1SCc1ccncc1. The normalized spacial score (nSPS) is 11.0. The lowest BCUT2D eigenvalue weighted by Crippen LogP contribution is -2.26. The Labute approximate surface area is 167 Å². The van der Waals surface area contributed by atoms with Crippen molar-refractivity contribution in [3.05, 3.63) is 71.6 Å². The second-order valence-corrected chi connectivity index (χ2v) is 7.65. The molecule has 3 rings (SSSR count). The van der Waals surface area contributed by atoms with Crippen molar-refractivity contribution in [2.24, 2.45) is 5.92 Å². The van der Waals surface area contributed by atoms with Crippen molar-refractivity contribution in [3.8, 4) is 0 Å². The number of halogens is 1. The fourth-order valence-electron chi connectivity index (χ4n) is 2.63. The fourth-order valence-corrected chi connectivity index (χ4v) is 3.55. The van der Waals surface area contributed by atoms with Gasteiger partial charge in [-0.05, 0) is 35.7 Å². The monoisotopic (exact) mass is 399 g/mol. The van der Waals surface area contributed by atoms with Crippen LogP contribution in [0.3, 0.4) is 0 Å². The van der Waals surface area contributed by atoms with E-state index in [1.165, 1.54) is 12.1 Å². The van der Waals surface area contributed by atoms with Crippen molar-refractivity contribution in [1.29, 1.82) is 0 Å². The molecule has 1 amide bonds. The molecule has 0 saturated heterocycles. The van der Waals surface area contributed by atoms with Gasteiger partial charge in [0, 0.05) is 24.7 Å². The van der Waals surface area contributed by atoms with Crippen LogP contribution in [0.2, 0.25) is 0 Å². The molecule has 0 unspecified atom stereocenters. The van der Waals surface area contributed by atoms with Crippen molar-refractivity contribution < 1.29 is 9.18 Å². The van der Waals surface area contributed by atoms with Crippen molar-refractivity contribution in [3.63, 3.8) is 0 Å². The Morgan fingerprint density at radius 3 is 2.64 bits per heavy atom. The van der Waals surface area contributed by atoms with Gasteiger partial charge in [0.25, 0.3) is 5.91 Å². The number of carbonyl (C=O) groups excluding carboxylic acids is 1. The lowest BCUT2D eigenvalue weighted by molar-refractivity contribution is 0.0945. The van der Waals surface area contributed by atoms with E-state index in [0.717, 1.165) is 23.0 Å². The van der Waals surface area contributed by atoms with Gasteiger partial charge in [0.15, 0.2) is 11.0 Å². The number of hydrogen-bond donors (Lipinski definition) is 1. The quantitative estimate of drug-likeness (QED) is 0.585. The minimum absolute atomic E-state index is 0.0183. The van der Waals surface area contributed by atoms with E-state index in [1.807, 2.05) is 16.7 Å². The second-order valence-electron chi connectivity index (χ2n) is 6.71. The van der Waals surface area contributed by atoms with Crippen LogP contribution in [0.5, 0.6) is 0 Å². The summed E-state index contributed by atoms with van der Waals surface area (Å²) in [6.07, 6.45) is 3.52. The molecule has 6 nitrogen and oxygen atoms in total. The number of nitrogens with zero attached hydrogens (tertiary/aromatic N) is 4. The number of aromatic nitrogens is 4. The number of thioether (sulfide) groups is 1. The highest BCUT2D eigenvalue weighted by Gasteiger charge is 2.16. The molecule has 0 spiro atoms. The summed E-state index contributed by atoms with van der Waals surface area (Å²) in [6, 6.07) is 9.84. The van der Waals surface area contributed by atoms with Crippen LogP contribution in [-0.2, 0) is 18.8 Å². The zero-order valence-corrected chi connectivity index (χ0v) is 16.6. The van der Waals surface area contributed by atoms with Crippen LogP contribution in [0.4, 0.5) is 4.39 Å². The standard InChI is InChI=1S/C20H22FN5OS/c1-14(2)12-26-18(11-23-19(27)16-5-3-4-6-17(16)21)24-25-20(26)28-13-15-7-9-22-10-8-15/h3-10,14H,11-13H2,1-2H3,(H,23,27). The number of benzene rings is 1. The molecule has 146 valence electrons. The summed E-state index contributed by atoms with van der Waals surface area (Å²) >= 11 is 1.58. The van der Waals surface area contributed by atoms with Gasteiger partial charge in [0.05, 0.1) is 12.1 Å². The maximum atomic E-state index is 13.8. The Morgan fingerprint density at radius 1 is 1.18 bits per heavy atom. The van der Waals surface area contributed by atoms with E-state index in [4.69, 9.17) is 0 Å². The van der Waals surface area contributed by atoms with Crippen LogP contribution in [0, 0.1) is 11.7 Å². The molecule has 0 fully saturated rings. The van der Waals surface area contributed by atoms with Crippen molar-refractivity contribution in [2.45, 2.75) is 37.8 Å². The average Bonchev–Trinajstić information content (AvgIpc) is 3.06.